The fourth-order valence-electron chi connectivity index (χ4n) is 2.97. The summed E-state index contributed by atoms with van der Waals surface area (Å²) in [5.41, 5.74) is -0.0323. The number of halogens is 4. The van der Waals surface area contributed by atoms with Crippen molar-refractivity contribution in [3.63, 3.8) is 0 Å². The van der Waals surface area contributed by atoms with Gasteiger partial charge in [-0.15, -0.1) is 0 Å². The van der Waals surface area contributed by atoms with Crippen LogP contribution in [0.2, 0.25) is 0 Å². The number of benzene rings is 1. The highest BCUT2D eigenvalue weighted by molar-refractivity contribution is 6.43. The molecule has 0 fully saturated rings. The van der Waals surface area contributed by atoms with Crippen molar-refractivity contribution >= 4 is 23.3 Å². The van der Waals surface area contributed by atoms with E-state index < -0.39 is 35.6 Å². The maximum absolute atomic E-state index is 13.5. The summed E-state index contributed by atoms with van der Waals surface area (Å²) in [6, 6.07) is 2.76. The van der Waals surface area contributed by atoms with Crippen molar-refractivity contribution in [1.29, 1.82) is 5.26 Å². The number of Topliss-reactive ketones (excluding diaryl/α,β-unsaturated/α-hetero) is 1. The quantitative estimate of drug-likeness (QED) is 0.425. The van der Waals surface area contributed by atoms with Crippen molar-refractivity contribution in [2.45, 2.75) is 33.0 Å². The first-order valence-electron chi connectivity index (χ1n) is 8.88. The largest absolute Gasteiger partial charge is 0.408 e. The van der Waals surface area contributed by atoms with E-state index in [0.29, 0.717) is 6.92 Å². The molecular formula is C20H18F4N4O3. The predicted octanol–water partition coefficient (Wildman–Crippen LogP) is 3.15. The minimum Gasteiger partial charge on any atom is -0.344 e. The van der Waals surface area contributed by atoms with E-state index in [2.05, 4.69) is 5.32 Å². The second-order valence-electron chi connectivity index (χ2n) is 6.82. The Kier molecular flexibility index (Phi) is 6.54. The van der Waals surface area contributed by atoms with Crippen molar-refractivity contribution in [3.8, 4) is 6.07 Å². The topological polar surface area (TPSA) is 104 Å². The molecule has 2 amide bonds. The molecule has 7 nitrogen and oxygen atoms in total. The number of ketones is 1. The molecule has 31 heavy (non-hydrogen) atoms. The molecule has 1 atom stereocenters. The SMILES string of the molecule is Cc1c(C(=O)Nc2ccc(F)c(C#N)c2)c(C)n(C)c1C(=O)C(=O)N[C@@H](C)C(F)(F)F. The lowest BCUT2D eigenvalue weighted by atomic mass is 10.1. The van der Waals surface area contributed by atoms with Crippen molar-refractivity contribution in [2.24, 2.45) is 7.05 Å². The Morgan fingerprint density at radius 1 is 1.19 bits per heavy atom. The van der Waals surface area contributed by atoms with Crippen LogP contribution in [-0.2, 0) is 11.8 Å². The number of nitriles is 1. The lowest BCUT2D eigenvalue weighted by Crippen LogP contribution is -2.46. The summed E-state index contributed by atoms with van der Waals surface area (Å²) in [4.78, 5) is 37.3. The van der Waals surface area contributed by atoms with Gasteiger partial charge >= 0.3 is 6.18 Å². The van der Waals surface area contributed by atoms with Crippen molar-refractivity contribution < 1.29 is 31.9 Å². The van der Waals surface area contributed by atoms with E-state index in [1.54, 1.807) is 11.4 Å². The summed E-state index contributed by atoms with van der Waals surface area (Å²) in [6.45, 7) is 3.56. The zero-order valence-electron chi connectivity index (χ0n) is 16.9. The van der Waals surface area contributed by atoms with Crippen molar-refractivity contribution in [3.05, 3.63) is 52.1 Å². The van der Waals surface area contributed by atoms with Gasteiger partial charge in [-0.05, 0) is 44.5 Å². The zero-order chi connectivity index (χ0) is 23.7. The smallest absolute Gasteiger partial charge is 0.344 e. The molecule has 0 bridgehead atoms. The number of carbonyl (C=O) groups excluding carboxylic acids is 3. The maximum Gasteiger partial charge on any atom is 0.408 e. The highest BCUT2D eigenvalue weighted by atomic mass is 19.4. The molecule has 2 aromatic rings. The average molecular weight is 438 g/mol. The molecule has 0 aliphatic carbocycles. The normalized spacial score (nSPS) is 12.1. The third kappa shape index (κ3) is 4.74. The highest BCUT2D eigenvalue weighted by Gasteiger charge is 2.39. The van der Waals surface area contributed by atoms with Crippen LogP contribution >= 0.6 is 0 Å². The van der Waals surface area contributed by atoms with E-state index in [-0.39, 0.29) is 33.8 Å². The molecular weight excluding hydrogens is 420 g/mol. The molecule has 1 heterocycles. The van der Waals surface area contributed by atoms with Crippen LogP contribution in [0.15, 0.2) is 18.2 Å². The number of anilines is 1. The van der Waals surface area contributed by atoms with Crippen LogP contribution in [0.3, 0.4) is 0 Å². The van der Waals surface area contributed by atoms with Crippen LogP contribution < -0.4 is 10.6 Å². The first-order chi connectivity index (χ1) is 14.3. The van der Waals surface area contributed by atoms with Crippen LogP contribution in [0.25, 0.3) is 0 Å². The molecule has 0 aliphatic heterocycles. The van der Waals surface area contributed by atoms with Gasteiger partial charge in [0.2, 0.25) is 0 Å². The van der Waals surface area contributed by atoms with E-state index in [1.165, 1.54) is 31.5 Å². The van der Waals surface area contributed by atoms with Gasteiger partial charge in [0.25, 0.3) is 17.6 Å². The number of carbonyl (C=O) groups is 3. The molecule has 0 aliphatic rings. The molecule has 0 unspecified atom stereocenters. The summed E-state index contributed by atoms with van der Waals surface area (Å²) in [6.07, 6.45) is -4.72. The standard InChI is InChI=1S/C20H18F4N4O3/c1-9-15(18(30)27-13-5-6-14(21)12(7-13)8-25)10(2)28(4)16(9)17(29)19(31)26-11(3)20(22,23)24/h5-7,11H,1-4H3,(H,26,31)(H,27,30)/t11-/m0/s1. The van der Waals surface area contributed by atoms with Gasteiger partial charge in [-0.1, -0.05) is 0 Å². The van der Waals surface area contributed by atoms with E-state index in [4.69, 9.17) is 5.26 Å². The average Bonchev–Trinajstić information content (AvgIpc) is 2.90. The lowest BCUT2D eigenvalue weighted by molar-refractivity contribution is -0.156. The molecule has 11 heteroatoms. The maximum atomic E-state index is 13.5. The summed E-state index contributed by atoms with van der Waals surface area (Å²) >= 11 is 0. The summed E-state index contributed by atoms with van der Waals surface area (Å²) in [5.74, 6) is -4.16. The van der Waals surface area contributed by atoms with Crippen LogP contribution in [-0.4, -0.2) is 34.4 Å². The van der Waals surface area contributed by atoms with Gasteiger partial charge < -0.3 is 15.2 Å². The molecule has 1 aromatic carbocycles. The fourth-order valence-corrected chi connectivity index (χ4v) is 2.97. The van der Waals surface area contributed by atoms with Crippen LogP contribution in [0, 0.1) is 31.0 Å². The number of rotatable bonds is 5. The number of hydrogen-bond acceptors (Lipinski definition) is 4. The molecule has 0 saturated carbocycles. The molecule has 1 aromatic heterocycles. The Balaban J connectivity index is 2.35. The number of hydrogen-bond donors (Lipinski definition) is 2. The third-order valence-corrected chi connectivity index (χ3v) is 4.76. The Morgan fingerprint density at radius 3 is 2.35 bits per heavy atom. The van der Waals surface area contributed by atoms with Crippen LogP contribution in [0.1, 0.15) is 44.6 Å². The van der Waals surface area contributed by atoms with Gasteiger partial charge in [0.15, 0.2) is 0 Å². The second kappa shape index (κ2) is 8.59. The highest BCUT2D eigenvalue weighted by Crippen LogP contribution is 2.24. The Hall–Kier alpha value is -3.68. The number of aromatic nitrogens is 1. The van der Waals surface area contributed by atoms with E-state index >= 15 is 0 Å². The van der Waals surface area contributed by atoms with Crippen molar-refractivity contribution in [2.75, 3.05) is 5.32 Å². The second-order valence-corrected chi connectivity index (χ2v) is 6.82. The number of nitrogens with one attached hydrogen (secondary N) is 2. The number of amides is 2. The van der Waals surface area contributed by atoms with E-state index in [1.807, 2.05) is 0 Å². The fraction of sp³-hybridized carbons (Fsp3) is 0.300. The lowest BCUT2D eigenvalue weighted by Gasteiger charge is -2.16. The Morgan fingerprint density at radius 2 is 1.81 bits per heavy atom. The third-order valence-electron chi connectivity index (χ3n) is 4.76. The van der Waals surface area contributed by atoms with E-state index in [0.717, 1.165) is 12.1 Å². The van der Waals surface area contributed by atoms with Crippen molar-refractivity contribution in [1.82, 2.24) is 9.88 Å². The first-order valence-corrected chi connectivity index (χ1v) is 8.88. The molecule has 2 N–H and O–H groups in total. The number of alkyl halides is 3. The zero-order valence-corrected chi connectivity index (χ0v) is 16.9. The monoisotopic (exact) mass is 438 g/mol. The molecule has 0 radical (unpaired) electrons. The molecule has 0 spiro atoms. The summed E-state index contributed by atoms with van der Waals surface area (Å²) in [7, 11) is 1.39. The minimum atomic E-state index is -4.72. The first kappa shape index (κ1) is 23.6. The summed E-state index contributed by atoms with van der Waals surface area (Å²) < 4.78 is 52.7. The van der Waals surface area contributed by atoms with Gasteiger partial charge in [-0.25, -0.2) is 4.39 Å². The Labute approximate surface area is 174 Å². The predicted molar refractivity (Wildman–Crippen MR) is 102 cm³/mol. The van der Waals surface area contributed by atoms with Gasteiger partial charge in [0.05, 0.1) is 16.8 Å². The van der Waals surface area contributed by atoms with E-state index in [9.17, 15) is 31.9 Å². The Bertz CT molecular complexity index is 1110. The van der Waals surface area contributed by atoms with Gasteiger partial charge in [0, 0.05) is 18.4 Å². The number of nitrogens with zero attached hydrogens (tertiary/aromatic N) is 2. The molecule has 0 saturated heterocycles. The van der Waals surface area contributed by atoms with Gasteiger partial charge in [0.1, 0.15) is 17.9 Å². The molecule has 2 rings (SSSR count). The summed E-state index contributed by atoms with van der Waals surface area (Å²) in [5, 5.41) is 13.0. The van der Waals surface area contributed by atoms with Gasteiger partial charge in [-0.2, -0.15) is 18.4 Å². The van der Waals surface area contributed by atoms with Gasteiger partial charge in [-0.3, -0.25) is 14.4 Å². The van der Waals surface area contributed by atoms with Crippen LogP contribution in [0.4, 0.5) is 23.2 Å². The van der Waals surface area contributed by atoms with Crippen LogP contribution in [0.5, 0.6) is 0 Å². The molecule has 164 valence electrons. The minimum absolute atomic E-state index is 0.0188.